The summed E-state index contributed by atoms with van der Waals surface area (Å²) < 4.78 is 25.3. The van der Waals surface area contributed by atoms with Gasteiger partial charge in [-0.25, -0.2) is 14.0 Å². The lowest BCUT2D eigenvalue weighted by Crippen LogP contribution is -2.25. The first kappa shape index (κ1) is 27.9. The van der Waals surface area contributed by atoms with Gasteiger partial charge in [0.2, 0.25) is 5.69 Å². The fourth-order valence-corrected chi connectivity index (χ4v) is 3.44. The molecule has 1 aromatic heterocycles. The maximum atomic E-state index is 14.8. The molecule has 0 saturated carbocycles. The van der Waals surface area contributed by atoms with E-state index in [9.17, 15) is 14.0 Å². The van der Waals surface area contributed by atoms with Crippen molar-refractivity contribution in [2.75, 3.05) is 19.8 Å². The number of aromatic nitrogens is 1. The monoisotopic (exact) mass is 457 g/mol. The van der Waals surface area contributed by atoms with Crippen LogP contribution in [-0.2, 0) is 15.9 Å². The van der Waals surface area contributed by atoms with Gasteiger partial charge in [0.1, 0.15) is 0 Å². The Bertz CT molecular complexity index is 661. The molecule has 184 valence electrons. The molecule has 7 nitrogen and oxygen atoms in total. The molecular weight excluding hydrogens is 417 g/mol. The van der Waals surface area contributed by atoms with E-state index < -0.39 is 23.6 Å². The van der Waals surface area contributed by atoms with Crippen LogP contribution in [0.4, 0.5) is 9.18 Å². The molecule has 0 radical (unpaired) electrons. The van der Waals surface area contributed by atoms with E-state index in [1.54, 1.807) is 6.92 Å². The van der Waals surface area contributed by atoms with Gasteiger partial charge in [-0.15, -0.1) is 0 Å². The Hall–Kier alpha value is -2.09. The Labute approximate surface area is 191 Å². The van der Waals surface area contributed by atoms with Crippen molar-refractivity contribution in [2.24, 2.45) is 0 Å². The number of nitrogens with zero attached hydrogens (tertiary/aromatic N) is 1. The summed E-state index contributed by atoms with van der Waals surface area (Å²) in [5.74, 6) is -1.64. The molecule has 0 saturated heterocycles. The summed E-state index contributed by atoms with van der Waals surface area (Å²) >= 11 is 0. The maximum absolute atomic E-state index is 14.8. The zero-order valence-electron chi connectivity index (χ0n) is 19.7. The lowest BCUT2D eigenvalue weighted by atomic mass is 10.0. The molecule has 0 bridgehead atoms. The maximum Gasteiger partial charge on any atom is 0.533 e. The second-order valence-corrected chi connectivity index (χ2v) is 7.92. The molecule has 1 N–H and O–H groups in total. The topological polar surface area (TPSA) is 87.0 Å². The summed E-state index contributed by atoms with van der Waals surface area (Å²) in [4.78, 5) is 28.9. The number of ether oxygens (including phenoxy) is 2. The number of carbonyl (C=O) groups excluding carboxylic acids is 2. The zero-order valence-corrected chi connectivity index (χ0v) is 19.7. The highest BCUT2D eigenvalue weighted by molar-refractivity contribution is 5.88. The number of rotatable bonds is 18. The number of aryl methyl sites for hydroxylation is 1. The van der Waals surface area contributed by atoms with Crippen LogP contribution in [0.2, 0.25) is 0 Å². The van der Waals surface area contributed by atoms with Crippen molar-refractivity contribution in [2.45, 2.75) is 97.3 Å². The Balaban J connectivity index is 2.48. The summed E-state index contributed by atoms with van der Waals surface area (Å²) in [7, 11) is 0. The van der Waals surface area contributed by atoms with Gasteiger partial charge in [0.05, 0.1) is 19.4 Å². The molecule has 8 heteroatoms. The number of esters is 1. The van der Waals surface area contributed by atoms with Gasteiger partial charge in [-0.05, 0) is 19.8 Å². The molecule has 0 amide bonds. The summed E-state index contributed by atoms with van der Waals surface area (Å²) in [6, 6.07) is 0. The molecule has 0 aromatic carbocycles. The van der Waals surface area contributed by atoms with Gasteiger partial charge in [-0.3, -0.25) is 0 Å². The van der Waals surface area contributed by atoms with E-state index in [2.05, 4.69) is 6.92 Å². The largest absolute Gasteiger partial charge is 0.533 e. The molecule has 0 aliphatic heterocycles. The molecule has 0 fully saturated rings. The van der Waals surface area contributed by atoms with Crippen molar-refractivity contribution in [3.8, 4) is 0 Å². The molecule has 1 heterocycles. The first-order valence-electron chi connectivity index (χ1n) is 12.1. The number of hydrogen-bond acceptors (Lipinski definition) is 6. The Morgan fingerprint density at radius 3 is 2.06 bits per heavy atom. The fourth-order valence-electron chi connectivity index (χ4n) is 3.44. The lowest BCUT2D eigenvalue weighted by molar-refractivity contribution is 0.0330. The number of unbranched alkanes of at least 4 members (excludes halogenated alkanes) is 10. The standard InChI is InChI=1S/C24H40FNO6/c1-3-5-6-7-8-9-10-11-12-13-14-16-20-19-26(32-24(29)31-18-15-17-27)22(21(20)25)23(28)30-4-2/h19,27H,3-18H2,1-2H3. The predicted molar refractivity (Wildman–Crippen MR) is 120 cm³/mol. The van der Waals surface area contributed by atoms with Crippen LogP contribution in [-0.4, -0.2) is 41.8 Å². The molecule has 1 rings (SSSR count). The predicted octanol–water partition coefficient (Wildman–Crippen LogP) is 5.61. The molecule has 0 unspecified atom stereocenters. The van der Waals surface area contributed by atoms with Crippen molar-refractivity contribution >= 4 is 12.1 Å². The SMILES string of the molecule is CCCCCCCCCCCCCc1cn(OC(=O)OCCCO)c(C(=O)OCC)c1F. The molecule has 32 heavy (non-hydrogen) atoms. The van der Waals surface area contributed by atoms with E-state index >= 15 is 0 Å². The molecule has 0 aliphatic carbocycles. The van der Waals surface area contributed by atoms with E-state index in [0.717, 1.165) is 24.0 Å². The van der Waals surface area contributed by atoms with Crippen molar-refractivity contribution in [3.63, 3.8) is 0 Å². The smallest absolute Gasteiger partial charge is 0.461 e. The lowest BCUT2D eigenvalue weighted by Gasteiger charge is -2.08. The number of hydrogen-bond donors (Lipinski definition) is 1. The van der Waals surface area contributed by atoms with Gasteiger partial charge in [-0.2, -0.15) is 4.73 Å². The number of aliphatic hydroxyl groups is 1. The average Bonchev–Trinajstić information content (AvgIpc) is 3.07. The molecule has 0 atom stereocenters. The third-order valence-corrected chi connectivity index (χ3v) is 5.20. The third kappa shape index (κ3) is 11.0. The third-order valence-electron chi connectivity index (χ3n) is 5.20. The number of carbonyl (C=O) groups is 2. The van der Waals surface area contributed by atoms with E-state index in [0.29, 0.717) is 12.0 Å². The second kappa shape index (κ2) is 17.5. The van der Waals surface area contributed by atoms with E-state index in [1.807, 2.05) is 0 Å². The summed E-state index contributed by atoms with van der Waals surface area (Å²) in [6.07, 6.45) is 14.0. The molecular formula is C24H40FNO6. The van der Waals surface area contributed by atoms with Crippen LogP contribution in [0.1, 0.15) is 107 Å². The van der Waals surface area contributed by atoms with Crippen LogP contribution in [0, 0.1) is 5.82 Å². The highest BCUT2D eigenvalue weighted by Gasteiger charge is 2.26. The van der Waals surface area contributed by atoms with Crippen LogP contribution >= 0.6 is 0 Å². The normalized spacial score (nSPS) is 10.9. The van der Waals surface area contributed by atoms with E-state index in [-0.39, 0.29) is 26.2 Å². The first-order chi connectivity index (χ1) is 15.5. The summed E-state index contributed by atoms with van der Waals surface area (Å²) in [5, 5.41) is 8.74. The number of halogens is 1. The minimum Gasteiger partial charge on any atom is -0.461 e. The summed E-state index contributed by atoms with van der Waals surface area (Å²) in [6.45, 7) is 3.72. The van der Waals surface area contributed by atoms with Crippen molar-refractivity contribution in [1.29, 1.82) is 0 Å². The van der Waals surface area contributed by atoms with Crippen LogP contribution in [0.3, 0.4) is 0 Å². The Morgan fingerprint density at radius 1 is 0.906 bits per heavy atom. The van der Waals surface area contributed by atoms with Crippen LogP contribution in [0.15, 0.2) is 6.20 Å². The van der Waals surface area contributed by atoms with Crippen LogP contribution in [0.25, 0.3) is 0 Å². The van der Waals surface area contributed by atoms with Gasteiger partial charge in [0, 0.05) is 18.6 Å². The fraction of sp³-hybridized carbons (Fsp3) is 0.750. The minimum atomic E-state index is -1.08. The zero-order chi connectivity index (χ0) is 23.6. The molecule has 1 aromatic rings. The Morgan fingerprint density at radius 2 is 1.50 bits per heavy atom. The average molecular weight is 458 g/mol. The van der Waals surface area contributed by atoms with Crippen LogP contribution < -0.4 is 4.84 Å². The number of aliphatic hydroxyl groups excluding tert-OH is 1. The van der Waals surface area contributed by atoms with Gasteiger partial charge in [0.25, 0.3) is 0 Å². The van der Waals surface area contributed by atoms with Crippen molar-refractivity contribution in [3.05, 3.63) is 23.3 Å². The second-order valence-electron chi connectivity index (χ2n) is 7.92. The quantitative estimate of drug-likeness (QED) is 0.228. The van der Waals surface area contributed by atoms with Gasteiger partial charge >= 0.3 is 12.1 Å². The first-order valence-corrected chi connectivity index (χ1v) is 12.1. The Kier molecular flexibility index (Phi) is 15.2. The van der Waals surface area contributed by atoms with E-state index in [1.165, 1.54) is 57.6 Å². The van der Waals surface area contributed by atoms with Gasteiger partial charge in [-0.1, -0.05) is 71.1 Å². The van der Waals surface area contributed by atoms with Crippen molar-refractivity contribution in [1.82, 2.24) is 4.73 Å². The van der Waals surface area contributed by atoms with Crippen molar-refractivity contribution < 1.29 is 33.4 Å². The molecule has 0 aliphatic rings. The van der Waals surface area contributed by atoms with Gasteiger partial charge < -0.3 is 19.4 Å². The highest BCUT2D eigenvalue weighted by atomic mass is 19.1. The summed E-state index contributed by atoms with van der Waals surface area (Å²) in [5.41, 5.74) is -0.156. The molecule has 0 spiro atoms. The van der Waals surface area contributed by atoms with Gasteiger partial charge in [0.15, 0.2) is 5.82 Å². The van der Waals surface area contributed by atoms with E-state index in [4.69, 9.17) is 19.4 Å². The highest BCUT2D eigenvalue weighted by Crippen LogP contribution is 2.20. The minimum absolute atomic E-state index is 0.0422. The van der Waals surface area contributed by atoms with Crippen LogP contribution in [0.5, 0.6) is 0 Å².